The van der Waals surface area contributed by atoms with Crippen molar-refractivity contribution in [3.63, 3.8) is 0 Å². The van der Waals surface area contributed by atoms with Crippen LogP contribution in [-0.4, -0.2) is 69.9 Å². The topological polar surface area (TPSA) is 121 Å². The second kappa shape index (κ2) is 7.48. The van der Waals surface area contributed by atoms with E-state index in [1.165, 1.54) is 4.31 Å². The highest BCUT2D eigenvalue weighted by Gasteiger charge is 2.26. The summed E-state index contributed by atoms with van der Waals surface area (Å²) in [5, 5.41) is 6.49. The number of rotatable bonds is 8. The Morgan fingerprint density at radius 3 is 2.54 bits per heavy atom. The van der Waals surface area contributed by atoms with E-state index in [1.807, 2.05) is 0 Å². The normalized spacial score (nSPS) is 19.2. The van der Waals surface area contributed by atoms with E-state index >= 15 is 0 Å². The summed E-state index contributed by atoms with van der Waals surface area (Å²) in [6.07, 6.45) is 2.70. The molecule has 0 aliphatic carbocycles. The van der Waals surface area contributed by atoms with Gasteiger partial charge in [-0.05, 0) is 26.7 Å². The molecular weight excluding hydrogens is 356 g/mol. The van der Waals surface area contributed by atoms with E-state index in [4.69, 9.17) is 4.74 Å². The Hall–Kier alpha value is -1.01. The first-order chi connectivity index (χ1) is 11.1. The van der Waals surface area contributed by atoms with Crippen molar-refractivity contribution in [2.45, 2.75) is 37.7 Å². The maximum absolute atomic E-state index is 12.3. The van der Waals surface area contributed by atoms with Crippen molar-refractivity contribution >= 4 is 20.0 Å². The Bertz CT molecular complexity index is 747. The molecule has 1 saturated heterocycles. The number of nitrogens with zero attached hydrogens (tertiary/aromatic N) is 2. The number of aryl methyl sites for hydroxylation is 2. The van der Waals surface area contributed by atoms with Crippen LogP contribution in [0, 0.1) is 13.8 Å². The lowest BCUT2D eigenvalue weighted by Gasteiger charge is -2.23. The van der Waals surface area contributed by atoms with E-state index in [-0.39, 0.29) is 30.6 Å². The van der Waals surface area contributed by atoms with E-state index in [0.29, 0.717) is 18.0 Å². The molecule has 0 radical (unpaired) electrons. The molecule has 2 rings (SSSR count). The number of aromatic nitrogens is 2. The molecule has 1 aliphatic heterocycles. The predicted molar refractivity (Wildman–Crippen MR) is 88.6 cm³/mol. The maximum Gasteiger partial charge on any atom is 0.244 e. The highest BCUT2D eigenvalue weighted by Crippen LogP contribution is 2.17. The molecule has 0 saturated carbocycles. The average Bonchev–Trinajstić information content (AvgIpc) is 3.06. The SMILES string of the molecule is Cc1n[nH]c(C)c1S(=O)(=O)NCCN(CC1CCCO1)S(C)(=O)=O. The van der Waals surface area contributed by atoms with Gasteiger partial charge in [-0.1, -0.05) is 0 Å². The summed E-state index contributed by atoms with van der Waals surface area (Å²) >= 11 is 0. The quantitative estimate of drug-likeness (QED) is 0.641. The molecule has 1 unspecified atom stereocenters. The predicted octanol–water partition coefficient (Wildman–Crippen LogP) is -0.255. The lowest BCUT2D eigenvalue weighted by molar-refractivity contribution is 0.0943. The van der Waals surface area contributed by atoms with Gasteiger partial charge in [0.05, 0.1) is 23.7 Å². The first-order valence-corrected chi connectivity index (χ1v) is 11.0. The van der Waals surface area contributed by atoms with Gasteiger partial charge in [-0.2, -0.15) is 9.40 Å². The van der Waals surface area contributed by atoms with Gasteiger partial charge in [0.25, 0.3) is 0 Å². The first kappa shape index (κ1) is 19.3. The van der Waals surface area contributed by atoms with Crippen LogP contribution in [0.2, 0.25) is 0 Å². The molecule has 0 amide bonds. The summed E-state index contributed by atoms with van der Waals surface area (Å²) in [6, 6.07) is 0. The monoisotopic (exact) mass is 380 g/mol. The number of nitrogens with one attached hydrogen (secondary N) is 2. The third-order valence-electron chi connectivity index (χ3n) is 3.88. The van der Waals surface area contributed by atoms with Crippen LogP contribution in [0.1, 0.15) is 24.2 Å². The van der Waals surface area contributed by atoms with E-state index in [9.17, 15) is 16.8 Å². The summed E-state index contributed by atoms with van der Waals surface area (Å²) in [6.45, 7) is 4.12. The molecule has 0 spiro atoms. The Morgan fingerprint density at radius 1 is 1.33 bits per heavy atom. The highest BCUT2D eigenvalue weighted by atomic mass is 32.2. The second-order valence-corrected chi connectivity index (χ2v) is 9.60. The minimum Gasteiger partial charge on any atom is -0.377 e. The largest absolute Gasteiger partial charge is 0.377 e. The van der Waals surface area contributed by atoms with Gasteiger partial charge in [0.15, 0.2) is 0 Å². The fourth-order valence-electron chi connectivity index (χ4n) is 2.72. The van der Waals surface area contributed by atoms with Gasteiger partial charge >= 0.3 is 0 Å². The zero-order valence-corrected chi connectivity index (χ0v) is 15.7. The Kier molecular flexibility index (Phi) is 6.02. The van der Waals surface area contributed by atoms with Crippen molar-refractivity contribution in [3.8, 4) is 0 Å². The standard InChI is InChI=1S/C13H24N4O5S2/c1-10-13(11(2)16-15-10)24(20,21)14-6-7-17(23(3,18)19)9-12-5-4-8-22-12/h12,14H,4-9H2,1-3H3,(H,15,16). The van der Waals surface area contributed by atoms with Gasteiger partial charge in [0, 0.05) is 26.2 Å². The fraction of sp³-hybridized carbons (Fsp3) is 0.769. The summed E-state index contributed by atoms with van der Waals surface area (Å²) in [7, 11) is -7.18. The Balaban J connectivity index is 1.99. The molecule has 0 bridgehead atoms. The molecule has 24 heavy (non-hydrogen) atoms. The highest BCUT2D eigenvalue weighted by molar-refractivity contribution is 7.89. The van der Waals surface area contributed by atoms with Crippen molar-refractivity contribution in [1.29, 1.82) is 0 Å². The van der Waals surface area contributed by atoms with Gasteiger partial charge in [-0.3, -0.25) is 5.10 Å². The molecule has 1 fully saturated rings. The van der Waals surface area contributed by atoms with Gasteiger partial charge in [-0.15, -0.1) is 0 Å². The molecular formula is C13H24N4O5S2. The number of hydrogen-bond acceptors (Lipinski definition) is 6. The smallest absolute Gasteiger partial charge is 0.244 e. The number of H-pyrrole nitrogens is 1. The number of ether oxygens (including phenoxy) is 1. The van der Waals surface area contributed by atoms with Crippen LogP contribution in [0.25, 0.3) is 0 Å². The Labute approximate surface area is 142 Å². The molecule has 1 aromatic rings. The van der Waals surface area contributed by atoms with Crippen LogP contribution in [0.15, 0.2) is 4.90 Å². The lowest BCUT2D eigenvalue weighted by atomic mass is 10.2. The molecule has 11 heteroatoms. The van der Waals surface area contributed by atoms with E-state index < -0.39 is 20.0 Å². The summed E-state index contributed by atoms with van der Waals surface area (Å²) in [5.74, 6) is 0. The lowest BCUT2D eigenvalue weighted by Crippen LogP contribution is -2.41. The Morgan fingerprint density at radius 2 is 2.04 bits per heavy atom. The molecule has 138 valence electrons. The molecule has 0 aromatic carbocycles. The second-order valence-electron chi connectivity index (χ2n) is 5.92. The minimum absolute atomic E-state index is 0.0216. The van der Waals surface area contributed by atoms with Gasteiger partial charge in [0.1, 0.15) is 4.90 Å². The zero-order chi connectivity index (χ0) is 18.0. The van der Waals surface area contributed by atoms with Crippen molar-refractivity contribution in [1.82, 2.24) is 19.2 Å². The third kappa shape index (κ3) is 4.76. The van der Waals surface area contributed by atoms with Crippen molar-refractivity contribution in [3.05, 3.63) is 11.4 Å². The van der Waals surface area contributed by atoms with E-state index in [1.54, 1.807) is 13.8 Å². The molecule has 1 aromatic heterocycles. The number of aromatic amines is 1. The number of sulfonamides is 2. The molecule has 1 aliphatic rings. The maximum atomic E-state index is 12.3. The van der Waals surface area contributed by atoms with Crippen LogP contribution in [0.5, 0.6) is 0 Å². The average molecular weight is 380 g/mol. The summed E-state index contributed by atoms with van der Waals surface area (Å²) in [4.78, 5) is 0.104. The van der Waals surface area contributed by atoms with Crippen molar-refractivity contribution in [2.75, 3.05) is 32.5 Å². The van der Waals surface area contributed by atoms with E-state index in [2.05, 4.69) is 14.9 Å². The third-order valence-corrected chi connectivity index (χ3v) is 6.88. The van der Waals surface area contributed by atoms with Crippen LogP contribution in [-0.2, 0) is 24.8 Å². The van der Waals surface area contributed by atoms with Gasteiger partial charge in [0.2, 0.25) is 20.0 Å². The zero-order valence-electron chi connectivity index (χ0n) is 14.1. The van der Waals surface area contributed by atoms with Crippen LogP contribution in [0.3, 0.4) is 0 Å². The van der Waals surface area contributed by atoms with Crippen LogP contribution < -0.4 is 4.72 Å². The molecule has 2 N–H and O–H groups in total. The molecule has 9 nitrogen and oxygen atoms in total. The fourth-order valence-corrected chi connectivity index (χ4v) is 4.97. The van der Waals surface area contributed by atoms with Crippen LogP contribution >= 0.6 is 0 Å². The minimum atomic E-state index is -3.74. The van der Waals surface area contributed by atoms with Crippen molar-refractivity contribution < 1.29 is 21.6 Å². The molecule has 2 heterocycles. The van der Waals surface area contributed by atoms with Crippen molar-refractivity contribution in [2.24, 2.45) is 0 Å². The molecule has 1 atom stereocenters. The van der Waals surface area contributed by atoms with E-state index in [0.717, 1.165) is 19.1 Å². The number of hydrogen-bond donors (Lipinski definition) is 2. The van der Waals surface area contributed by atoms with Gasteiger partial charge < -0.3 is 4.74 Å². The summed E-state index contributed by atoms with van der Waals surface area (Å²) in [5.41, 5.74) is 0.818. The first-order valence-electron chi connectivity index (χ1n) is 7.69. The van der Waals surface area contributed by atoms with Crippen LogP contribution in [0.4, 0.5) is 0 Å². The summed E-state index contributed by atoms with van der Waals surface area (Å²) < 4.78 is 57.6. The van der Waals surface area contributed by atoms with Gasteiger partial charge in [-0.25, -0.2) is 21.6 Å².